The molecule has 0 spiro atoms. The number of esters is 1. The van der Waals surface area contributed by atoms with Gasteiger partial charge in [0.1, 0.15) is 6.61 Å². The first-order valence-corrected chi connectivity index (χ1v) is 11.5. The number of aromatic nitrogens is 1. The number of Topliss-reactive ketones (excluding diaryl/α,β-unsaturated/α-hetero) is 1. The maximum atomic E-state index is 13.5. The molecule has 34 heavy (non-hydrogen) atoms. The molecular formula is C29H26N2O3. The van der Waals surface area contributed by atoms with Crippen LogP contribution in [0.25, 0.3) is 0 Å². The molecule has 2 aromatic carbocycles. The van der Waals surface area contributed by atoms with Gasteiger partial charge in [0.2, 0.25) is 0 Å². The fourth-order valence-corrected chi connectivity index (χ4v) is 4.91. The highest BCUT2D eigenvalue weighted by Crippen LogP contribution is 2.45. The summed E-state index contributed by atoms with van der Waals surface area (Å²) in [5, 5.41) is 3.39. The molecular weight excluding hydrogens is 424 g/mol. The Balaban J connectivity index is 1.50. The van der Waals surface area contributed by atoms with Crippen LogP contribution in [-0.4, -0.2) is 16.7 Å². The third-order valence-electron chi connectivity index (χ3n) is 6.51. The van der Waals surface area contributed by atoms with Gasteiger partial charge in [-0.25, -0.2) is 4.79 Å². The zero-order valence-electron chi connectivity index (χ0n) is 19.0. The number of dihydropyridines is 1. The monoisotopic (exact) mass is 450 g/mol. The Kier molecular flexibility index (Phi) is 6.09. The number of nitrogens with one attached hydrogen (secondary N) is 1. The van der Waals surface area contributed by atoms with E-state index < -0.39 is 11.9 Å². The van der Waals surface area contributed by atoms with Crippen molar-refractivity contribution in [3.8, 4) is 0 Å². The summed E-state index contributed by atoms with van der Waals surface area (Å²) in [6, 6.07) is 25.3. The van der Waals surface area contributed by atoms with E-state index in [9.17, 15) is 9.59 Å². The standard InChI is InChI=1S/C29H26N2O3/c1-19-26(29(33)34-18-20-10-4-2-5-11-20)28(23-14-8-9-15-30-23)27-24(31-19)16-22(17-25(27)32)21-12-6-3-7-13-21/h2-15,22,28,31H,16-18H2,1H3/t22-,28-/m1/s1. The van der Waals surface area contributed by atoms with Gasteiger partial charge in [0.25, 0.3) is 0 Å². The number of hydrogen-bond donors (Lipinski definition) is 1. The molecule has 5 nitrogen and oxygen atoms in total. The van der Waals surface area contributed by atoms with E-state index in [1.165, 1.54) is 0 Å². The van der Waals surface area contributed by atoms with E-state index >= 15 is 0 Å². The Hall–Kier alpha value is -3.99. The third kappa shape index (κ3) is 4.29. The van der Waals surface area contributed by atoms with Crippen LogP contribution in [0, 0.1) is 0 Å². The summed E-state index contributed by atoms with van der Waals surface area (Å²) in [4.78, 5) is 31.4. The molecule has 1 aliphatic carbocycles. The molecule has 0 radical (unpaired) electrons. The maximum Gasteiger partial charge on any atom is 0.337 e. The molecule has 1 aromatic heterocycles. The lowest BCUT2D eigenvalue weighted by atomic mass is 9.73. The van der Waals surface area contributed by atoms with Crippen molar-refractivity contribution >= 4 is 11.8 Å². The zero-order valence-corrected chi connectivity index (χ0v) is 19.0. The Bertz CT molecular complexity index is 1260. The van der Waals surface area contributed by atoms with Gasteiger partial charge in [-0.3, -0.25) is 9.78 Å². The Morgan fingerprint density at radius 2 is 1.68 bits per heavy atom. The van der Waals surface area contributed by atoms with E-state index in [2.05, 4.69) is 22.4 Å². The van der Waals surface area contributed by atoms with Gasteiger partial charge in [-0.2, -0.15) is 0 Å². The van der Waals surface area contributed by atoms with Crippen LogP contribution >= 0.6 is 0 Å². The second kappa shape index (κ2) is 9.48. The van der Waals surface area contributed by atoms with Crippen molar-refractivity contribution in [3.63, 3.8) is 0 Å². The van der Waals surface area contributed by atoms with Crippen LogP contribution in [-0.2, 0) is 20.9 Å². The average Bonchev–Trinajstić information content (AvgIpc) is 2.88. The van der Waals surface area contributed by atoms with Gasteiger partial charge in [-0.1, -0.05) is 66.7 Å². The molecule has 0 fully saturated rings. The molecule has 3 aromatic rings. The largest absolute Gasteiger partial charge is 0.457 e. The predicted octanol–water partition coefficient (Wildman–Crippen LogP) is 5.19. The summed E-state index contributed by atoms with van der Waals surface area (Å²) >= 11 is 0. The number of pyridine rings is 1. The lowest BCUT2D eigenvalue weighted by Crippen LogP contribution is -2.36. The average molecular weight is 451 g/mol. The van der Waals surface area contributed by atoms with E-state index in [4.69, 9.17) is 4.74 Å². The van der Waals surface area contributed by atoms with E-state index in [1.54, 1.807) is 6.20 Å². The maximum absolute atomic E-state index is 13.5. The van der Waals surface area contributed by atoms with Crippen molar-refractivity contribution in [1.82, 2.24) is 10.3 Å². The first kappa shape index (κ1) is 21.8. The molecule has 5 rings (SSSR count). The van der Waals surface area contributed by atoms with Gasteiger partial charge in [-0.05, 0) is 42.5 Å². The van der Waals surface area contributed by atoms with Gasteiger partial charge >= 0.3 is 5.97 Å². The van der Waals surface area contributed by atoms with Crippen molar-refractivity contribution in [3.05, 3.63) is 124 Å². The minimum absolute atomic E-state index is 0.0408. The van der Waals surface area contributed by atoms with Crippen LogP contribution in [0.4, 0.5) is 0 Å². The molecule has 2 aliphatic rings. The first-order valence-electron chi connectivity index (χ1n) is 11.5. The summed E-state index contributed by atoms with van der Waals surface area (Å²) in [6.45, 7) is 2.04. The Labute approximate surface area is 199 Å². The number of benzene rings is 2. The lowest BCUT2D eigenvalue weighted by molar-refractivity contribution is -0.140. The van der Waals surface area contributed by atoms with Crippen LogP contribution in [0.2, 0.25) is 0 Å². The van der Waals surface area contributed by atoms with E-state index in [0.717, 1.165) is 16.8 Å². The van der Waals surface area contributed by atoms with Crippen molar-refractivity contribution < 1.29 is 14.3 Å². The van der Waals surface area contributed by atoms with E-state index in [-0.39, 0.29) is 18.3 Å². The molecule has 1 aliphatic heterocycles. The molecule has 0 saturated carbocycles. The Morgan fingerprint density at radius 3 is 2.38 bits per heavy atom. The second-order valence-corrected chi connectivity index (χ2v) is 8.74. The highest BCUT2D eigenvalue weighted by atomic mass is 16.5. The first-order chi connectivity index (χ1) is 16.6. The van der Waals surface area contributed by atoms with Crippen molar-refractivity contribution in [1.29, 1.82) is 0 Å². The van der Waals surface area contributed by atoms with Gasteiger partial charge in [0.15, 0.2) is 5.78 Å². The predicted molar refractivity (Wildman–Crippen MR) is 130 cm³/mol. The number of carbonyl (C=O) groups is 2. The molecule has 1 N–H and O–H groups in total. The van der Waals surface area contributed by atoms with Crippen molar-refractivity contribution in [2.45, 2.75) is 38.2 Å². The van der Waals surface area contributed by atoms with Gasteiger partial charge in [-0.15, -0.1) is 0 Å². The molecule has 0 bridgehead atoms. The van der Waals surface area contributed by atoms with Gasteiger partial charge in [0.05, 0.1) is 17.2 Å². The van der Waals surface area contributed by atoms with Crippen LogP contribution in [0.15, 0.2) is 108 Å². The molecule has 5 heteroatoms. The fourth-order valence-electron chi connectivity index (χ4n) is 4.91. The zero-order chi connectivity index (χ0) is 23.5. The smallest absolute Gasteiger partial charge is 0.337 e. The summed E-state index contributed by atoms with van der Waals surface area (Å²) < 4.78 is 5.70. The van der Waals surface area contributed by atoms with Crippen LogP contribution < -0.4 is 5.32 Å². The summed E-state index contributed by atoms with van der Waals surface area (Å²) in [6.07, 6.45) is 2.80. The van der Waals surface area contributed by atoms with Crippen LogP contribution in [0.3, 0.4) is 0 Å². The van der Waals surface area contributed by atoms with Gasteiger partial charge in [0, 0.05) is 29.6 Å². The minimum Gasteiger partial charge on any atom is -0.457 e. The molecule has 2 heterocycles. The minimum atomic E-state index is -0.551. The lowest BCUT2D eigenvalue weighted by Gasteiger charge is -2.36. The van der Waals surface area contributed by atoms with Crippen LogP contribution in [0.1, 0.15) is 48.4 Å². The number of rotatable bonds is 5. The summed E-state index contributed by atoms with van der Waals surface area (Å²) in [7, 11) is 0. The van der Waals surface area contributed by atoms with E-state index in [1.807, 2.05) is 73.7 Å². The molecule has 0 saturated heterocycles. The van der Waals surface area contributed by atoms with Crippen molar-refractivity contribution in [2.75, 3.05) is 0 Å². The fraction of sp³-hybridized carbons (Fsp3) is 0.207. The van der Waals surface area contributed by atoms with E-state index in [0.29, 0.717) is 35.4 Å². The topological polar surface area (TPSA) is 68.3 Å². The number of allylic oxidation sites excluding steroid dienone is 3. The number of hydrogen-bond acceptors (Lipinski definition) is 5. The van der Waals surface area contributed by atoms with Crippen LogP contribution in [0.5, 0.6) is 0 Å². The summed E-state index contributed by atoms with van der Waals surface area (Å²) in [5.41, 5.74) is 5.38. The second-order valence-electron chi connectivity index (χ2n) is 8.74. The number of ketones is 1. The van der Waals surface area contributed by atoms with Crippen molar-refractivity contribution in [2.24, 2.45) is 0 Å². The quantitative estimate of drug-likeness (QED) is 0.542. The SMILES string of the molecule is CC1=C(C(=O)OCc2ccccc2)[C@@H](c2ccccn2)C2=C(C[C@@H](c3ccccc3)CC2=O)N1. The number of carbonyl (C=O) groups excluding carboxylic acids is 2. The molecule has 2 atom stereocenters. The number of nitrogens with zero attached hydrogens (tertiary/aromatic N) is 1. The third-order valence-corrected chi connectivity index (χ3v) is 6.51. The summed E-state index contributed by atoms with van der Waals surface area (Å²) in [5.74, 6) is -0.846. The highest BCUT2D eigenvalue weighted by molar-refractivity contribution is 6.04. The molecule has 0 unspecified atom stereocenters. The molecule has 0 amide bonds. The Morgan fingerprint density at radius 1 is 0.971 bits per heavy atom. The normalized spacial score (nSPS) is 20.0. The number of ether oxygens (including phenoxy) is 1. The van der Waals surface area contributed by atoms with Gasteiger partial charge < -0.3 is 10.1 Å². The highest BCUT2D eigenvalue weighted by Gasteiger charge is 2.42. The molecule has 170 valence electrons.